The van der Waals surface area contributed by atoms with E-state index >= 15 is 0 Å². The predicted octanol–water partition coefficient (Wildman–Crippen LogP) is 2.60. The molecule has 0 aromatic heterocycles. The van der Waals surface area contributed by atoms with E-state index < -0.39 is 10.1 Å². The Hall–Kier alpha value is -0.884. The minimum atomic E-state index is -4.02. The van der Waals surface area contributed by atoms with Crippen LogP contribution in [0.1, 0.15) is 11.1 Å². The van der Waals surface area contributed by atoms with Gasteiger partial charge in [0.05, 0.1) is 4.90 Å². The summed E-state index contributed by atoms with van der Waals surface area (Å²) in [5, 5.41) is 0. The summed E-state index contributed by atoms with van der Waals surface area (Å²) in [5.74, 6) is 0. The van der Waals surface area contributed by atoms with Gasteiger partial charge in [0.25, 0.3) is 14.7 Å². The average Bonchev–Trinajstić information content (AvgIpc) is 2.40. The Bertz CT molecular complexity index is 592. The second-order valence-corrected chi connectivity index (χ2v) is 5.95. The standard InChI is InChI=1S/C7H8O3S.C7H7.Mg/c1-6-2-4-7(5-3-6)11(8,9)10;1-7-5-3-2-4-6-7;/h2-5H,1H3,(H,8,9,10);2-6H,1H2;/q;;+2. The Labute approximate surface area is 126 Å². The SMILES string of the molecule is Cc1ccc(S(=O)(=O)O)cc1.[Mg+2][CH2]c1ccccc1. The molecule has 7 radical (unpaired) electrons. The third-order valence-electron chi connectivity index (χ3n) is 2.45. The fraction of sp³-hybridized carbons (Fsp3) is 0.143. The summed E-state index contributed by atoms with van der Waals surface area (Å²) in [6.07, 6.45) is 0. The molecule has 0 heterocycles. The molecule has 0 aliphatic rings. The number of hydrogen-bond donors (Lipinski definition) is 1. The van der Waals surface area contributed by atoms with E-state index in [0.717, 1.165) is 5.56 Å². The van der Waals surface area contributed by atoms with Crippen molar-refractivity contribution in [2.24, 2.45) is 0 Å². The third-order valence-corrected chi connectivity index (χ3v) is 3.90. The maximum absolute atomic E-state index is 10.5. The fourth-order valence-electron chi connectivity index (χ4n) is 1.35. The minimum Gasteiger partial charge on any atom is -0.282 e. The van der Waals surface area contributed by atoms with Crippen LogP contribution in [-0.2, 0) is 14.7 Å². The second-order valence-electron chi connectivity index (χ2n) is 4.02. The van der Waals surface area contributed by atoms with Crippen molar-refractivity contribution in [2.75, 3.05) is 0 Å². The van der Waals surface area contributed by atoms with Crippen LogP contribution in [0.3, 0.4) is 0 Å². The zero-order valence-electron chi connectivity index (χ0n) is 10.8. The molecule has 2 aromatic rings. The highest BCUT2D eigenvalue weighted by atomic mass is 32.2. The molecule has 95 valence electrons. The monoisotopic (exact) mass is 287 g/mol. The van der Waals surface area contributed by atoms with E-state index in [1.54, 1.807) is 12.1 Å². The van der Waals surface area contributed by atoms with Crippen molar-refractivity contribution in [2.45, 2.75) is 16.4 Å². The van der Waals surface area contributed by atoms with Gasteiger partial charge in [0.15, 0.2) is 0 Å². The van der Waals surface area contributed by atoms with Gasteiger partial charge in [0, 0.05) is 5.56 Å². The molecule has 0 unspecified atom stereocenters. The van der Waals surface area contributed by atoms with E-state index in [1.165, 1.54) is 22.2 Å². The third kappa shape index (κ3) is 6.20. The van der Waals surface area contributed by atoms with Crippen molar-refractivity contribution < 1.29 is 13.0 Å². The number of rotatable bonds is 2. The number of hydrogen-bond acceptors (Lipinski definition) is 2. The van der Waals surface area contributed by atoms with Gasteiger partial charge >= 0.3 is 21.7 Å². The van der Waals surface area contributed by atoms with Gasteiger partial charge in [0.2, 0.25) is 0 Å². The zero-order valence-corrected chi connectivity index (χ0v) is 13.0. The van der Waals surface area contributed by atoms with E-state index in [9.17, 15) is 8.42 Å². The summed E-state index contributed by atoms with van der Waals surface area (Å²) in [6.45, 7) is 1.84. The van der Waals surface area contributed by atoms with Crippen LogP contribution in [-0.4, -0.2) is 34.7 Å². The van der Waals surface area contributed by atoms with Crippen LogP contribution in [0.15, 0.2) is 59.5 Å². The van der Waals surface area contributed by atoms with Crippen LogP contribution in [0.2, 0.25) is 0 Å². The van der Waals surface area contributed by atoms with Gasteiger partial charge in [-0.25, -0.2) is 0 Å². The summed E-state index contributed by atoms with van der Waals surface area (Å²) in [5.41, 5.74) is 2.38. The van der Waals surface area contributed by atoms with E-state index in [1.807, 2.05) is 34.7 Å². The van der Waals surface area contributed by atoms with Gasteiger partial charge < -0.3 is 0 Å². The Kier molecular flexibility index (Phi) is 6.51. The first-order valence-corrected chi connectivity index (χ1v) is 8.25. The number of aryl methyl sites for hydroxylation is 1. The van der Waals surface area contributed by atoms with Gasteiger partial charge in [-0.05, 0) is 19.1 Å². The first-order chi connectivity index (χ1) is 8.93. The van der Waals surface area contributed by atoms with Crippen molar-refractivity contribution in [1.82, 2.24) is 0 Å². The maximum Gasteiger partial charge on any atom is 1.42 e. The molecule has 1 N–H and O–H groups in total. The van der Waals surface area contributed by atoms with Gasteiger partial charge in [-0.1, -0.05) is 48.0 Å². The Morgan fingerprint density at radius 3 is 1.89 bits per heavy atom. The first kappa shape index (κ1) is 16.2. The molecule has 3 nitrogen and oxygen atoms in total. The van der Waals surface area contributed by atoms with E-state index in [-0.39, 0.29) is 4.90 Å². The first-order valence-electron chi connectivity index (χ1n) is 5.81. The molecule has 0 aliphatic heterocycles. The Morgan fingerprint density at radius 1 is 1.00 bits per heavy atom. The summed E-state index contributed by atoms with van der Waals surface area (Å²) >= 11 is 1.98. The van der Waals surface area contributed by atoms with Crippen molar-refractivity contribution in [1.29, 1.82) is 0 Å². The molecule has 19 heavy (non-hydrogen) atoms. The topological polar surface area (TPSA) is 54.4 Å². The minimum absolute atomic E-state index is 0.0666. The van der Waals surface area contributed by atoms with Crippen LogP contribution in [0.5, 0.6) is 0 Å². The molecule has 0 spiro atoms. The summed E-state index contributed by atoms with van der Waals surface area (Å²) in [7, 11) is -4.02. The molecule has 0 aliphatic carbocycles. The van der Waals surface area contributed by atoms with E-state index in [4.69, 9.17) is 4.55 Å². The maximum atomic E-state index is 10.5. The van der Waals surface area contributed by atoms with Crippen LogP contribution in [0, 0.1) is 6.92 Å². The lowest BCUT2D eigenvalue weighted by Crippen LogP contribution is -1.96. The Balaban J connectivity index is 0.000000200. The van der Waals surface area contributed by atoms with Crippen LogP contribution in [0.25, 0.3) is 0 Å². The highest BCUT2D eigenvalue weighted by Crippen LogP contribution is 2.08. The Morgan fingerprint density at radius 2 is 1.53 bits per heavy atom. The summed E-state index contributed by atoms with van der Waals surface area (Å²) < 4.78 is 30.7. The molecule has 2 rings (SSSR count). The molecule has 2 aromatic carbocycles. The predicted molar refractivity (Wildman–Crippen MR) is 76.9 cm³/mol. The molecular formula is C14H15MgO3S+2. The summed E-state index contributed by atoms with van der Waals surface area (Å²) in [6, 6.07) is 16.5. The van der Waals surface area contributed by atoms with Crippen LogP contribution < -0.4 is 0 Å². The normalized spacial score (nSPS) is 10.5. The van der Waals surface area contributed by atoms with Gasteiger partial charge in [-0.15, -0.1) is 0 Å². The number of benzene rings is 2. The van der Waals surface area contributed by atoms with E-state index in [0.29, 0.717) is 0 Å². The molecule has 0 saturated heterocycles. The quantitative estimate of drug-likeness (QED) is 0.682. The van der Waals surface area contributed by atoms with Gasteiger partial charge in [-0.3, -0.25) is 4.55 Å². The van der Waals surface area contributed by atoms with Crippen molar-refractivity contribution in [3.8, 4) is 0 Å². The lowest BCUT2D eigenvalue weighted by molar-refractivity contribution is 0.483. The van der Waals surface area contributed by atoms with Crippen LogP contribution in [0.4, 0.5) is 0 Å². The van der Waals surface area contributed by atoms with Crippen molar-refractivity contribution in [3.63, 3.8) is 0 Å². The summed E-state index contributed by atoms with van der Waals surface area (Å²) in [4.78, 5) is -0.0666. The molecule has 0 atom stereocenters. The molecule has 0 amide bonds. The smallest absolute Gasteiger partial charge is 0.282 e. The second kappa shape index (κ2) is 7.64. The largest absolute Gasteiger partial charge is 1.42 e. The lowest BCUT2D eigenvalue weighted by atomic mass is 10.2. The molecular weight excluding hydrogens is 273 g/mol. The lowest BCUT2D eigenvalue weighted by Gasteiger charge is -1.95. The van der Waals surface area contributed by atoms with Gasteiger partial charge in [-0.2, -0.15) is 8.42 Å². The molecule has 0 saturated carbocycles. The van der Waals surface area contributed by atoms with Crippen molar-refractivity contribution in [3.05, 3.63) is 65.7 Å². The highest BCUT2D eigenvalue weighted by molar-refractivity contribution is 7.85. The van der Waals surface area contributed by atoms with E-state index in [2.05, 4.69) is 24.3 Å². The van der Waals surface area contributed by atoms with Crippen LogP contribution >= 0.6 is 0 Å². The average molecular weight is 288 g/mol. The molecule has 5 heteroatoms. The van der Waals surface area contributed by atoms with Crippen molar-refractivity contribution >= 4 is 31.8 Å². The fourth-order valence-corrected chi connectivity index (χ4v) is 2.17. The molecule has 0 bridgehead atoms. The highest BCUT2D eigenvalue weighted by Gasteiger charge is 2.22. The zero-order chi connectivity index (χ0) is 14.3. The molecule has 0 fully saturated rings. The van der Waals surface area contributed by atoms with Gasteiger partial charge in [0.1, 0.15) is 0 Å².